The van der Waals surface area contributed by atoms with E-state index in [9.17, 15) is 10.1 Å². The molecule has 2 heterocycles. The van der Waals surface area contributed by atoms with Gasteiger partial charge in [-0.25, -0.2) is 0 Å². The topological polar surface area (TPSA) is 116 Å². The second kappa shape index (κ2) is 10.2. The zero-order chi connectivity index (χ0) is 23.2. The van der Waals surface area contributed by atoms with E-state index in [2.05, 4.69) is 14.7 Å². The summed E-state index contributed by atoms with van der Waals surface area (Å²) in [7, 11) is 1.52. The van der Waals surface area contributed by atoms with Gasteiger partial charge < -0.3 is 18.9 Å². The van der Waals surface area contributed by atoms with E-state index in [0.717, 1.165) is 17.1 Å². The summed E-state index contributed by atoms with van der Waals surface area (Å²) in [5, 5.41) is 12.9. The van der Waals surface area contributed by atoms with Gasteiger partial charge >= 0.3 is 0 Å². The molecule has 33 heavy (non-hydrogen) atoms. The second-order valence-corrected chi connectivity index (χ2v) is 8.12. The van der Waals surface area contributed by atoms with Gasteiger partial charge in [-0.15, -0.1) is 0 Å². The van der Waals surface area contributed by atoms with Crippen molar-refractivity contribution in [2.45, 2.75) is 11.8 Å². The van der Waals surface area contributed by atoms with E-state index in [1.54, 1.807) is 18.2 Å². The summed E-state index contributed by atoms with van der Waals surface area (Å²) >= 11 is 2.42. The molecule has 2 aromatic carbocycles. The number of amides is 1. The van der Waals surface area contributed by atoms with Gasteiger partial charge in [0.2, 0.25) is 17.1 Å². The Bertz CT molecular complexity index is 1250. The van der Waals surface area contributed by atoms with Crippen LogP contribution in [0.4, 0.5) is 5.13 Å². The van der Waals surface area contributed by atoms with Gasteiger partial charge in [0.25, 0.3) is 5.91 Å². The van der Waals surface area contributed by atoms with Crippen LogP contribution in [0, 0.1) is 11.3 Å². The maximum atomic E-state index is 12.5. The quantitative estimate of drug-likeness (QED) is 0.287. The fraction of sp³-hybridized carbons (Fsp3) is 0.182. The molecule has 9 nitrogen and oxygen atoms in total. The van der Waals surface area contributed by atoms with Gasteiger partial charge in [0.15, 0.2) is 23.0 Å². The first kappa shape index (κ1) is 22.4. The molecule has 0 aliphatic carbocycles. The van der Waals surface area contributed by atoms with Crippen LogP contribution in [0.5, 0.6) is 23.0 Å². The van der Waals surface area contributed by atoms with Crippen LogP contribution in [0.3, 0.4) is 0 Å². The Morgan fingerprint density at radius 3 is 2.88 bits per heavy atom. The molecular formula is C22H18N4O5S2. The molecule has 0 bridgehead atoms. The molecule has 4 rings (SSSR count). The number of ether oxygens (including phenoxy) is 4. The van der Waals surface area contributed by atoms with Crippen LogP contribution in [0.15, 0.2) is 47.1 Å². The Morgan fingerprint density at radius 2 is 2.12 bits per heavy atom. The van der Waals surface area contributed by atoms with E-state index < -0.39 is 5.91 Å². The molecule has 0 saturated heterocycles. The minimum absolute atomic E-state index is 0.0769. The monoisotopic (exact) mass is 482 g/mol. The van der Waals surface area contributed by atoms with Crippen molar-refractivity contribution in [2.24, 2.45) is 0 Å². The first-order valence-electron chi connectivity index (χ1n) is 9.60. The summed E-state index contributed by atoms with van der Waals surface area (Å²) in [5.74, 6) is 1.82. The lowest BCUT2D eigenvalue weighted by molar-refractivity contribution is -0.112. The predicted molar refractivity (Wildman–Crippen MR) is 124 cm³/mol. The molecule has 0 atom stereocenters. The van der Waals surface area contributed by atoms with Crippen LogP contribution in [0.25, 0.3) is 6.08 Å². The van der Waals surface area contributed by atoms with E-state index in [-0.39, 0.29) is 12.4 Å². The van der Waals surface area contributed by atoms with Crippen molar-refractivity contribution in [1.29, 1.82) is 5.26 Å². The maximum absolute atomic E-state index is 12.5. The van der Waals surface area contributed by atoms with E-state index in [0.29, 0.717) is 45.5 Å². The molecule has 168 valence electrons. The number of thioether (sulfide) groups is 1. The molecule has 1 aliphatic heterocycles. The molecule has 0 saturated carbocycles. The average Bonchev–Trinajstić information content (AvgIpc) is 3.50. The molecule has 11 heteroatoms. The Balaban J connectivity index is 1.46. The number of carbonyl (C=O) groups is 1. The van der Waals surface area contributed by atoms with Crippen LogP contribution in [0.2, 0.25) is 0 Å². The molecule has 0 spiro atoms. The normalized spacial score (nSPS) is 12.2. The van der Waals surface area contributed by atoms with E-state index in [1.807, 2.05) is 30.5 Å². The van der Waals surface area contributed by atoms with Crippen molar-refractivity contribution >= 4 is 40.4 Å². The molecule has 0 unspecified atom stereocenters. The van der Waals surface area contributed by atoms with Gasteiger partial charge in [0, 0.05) is 11.5 Å². The Morgan fingerprint density at radius 1 is 1.27 bits per heavy atom. The number of carbonyl (C=O) groups excluding carboxylic acids is 1. The number of nitrogens with one attached hydrogen (secondary N) is 1. The maximum Gasteiger partial charge on any atom is 0.268 e. The zero-order valence-electron chi connectivity index (χ0n) is 17.7. The number of benzene rings is 2. The van der Waals surface area contributed by atoms with Crippen molar-refractivity contribution < 1.29 is 23.7 Å². The second-order valence-electron chi connectivity index (χ2n) is 6.60. The molecule has 1 N–H and O–H groups in total. The van der Waals surface area contributed by atoms with E-state index in [1.165, 1.54) is 24.9 Å². The van der Waals surface area contributed by atoms with Crippen molar-refractivity contribution in [2.75, 3.05) is 25.5 Å². The smallest absolute Gasteiger partial charge is 0.268 e. The number of methoxy groups -OCH3 is 1. The van der Waals surface area contributed by atoms with Gasteiger partial charge in [0.1, 0.15) is 18.2 Å². The minimum atomic E-state index is -0.566. The van der Waals surface area contributed by atoms with Crippen LogP contribution in [-0.2, 0) is 11.4 Å². The first-order chi connectivity index (χ1) is 16.1. The fourth-order valence-corrected chi connectivity index (χ4v) is 4.03. The lowest BCUT2D eigenvalue weighted by Gasteiger charge is -2.12. The first-order valence-corrected chi connectivity index (χ1v) is 11.6. The van der Waals surface area contributed by atoms with Crippen molar-refractivity contribution in [1.82, 2.24) is 9.36 Å². The van der Waals surface area contributed by atoms with Crippen LogP contribution in [0.1, 0.15) is 11.1 Å². The molecular weight excluding hydrogens is 464 g/mol. The third-order valence-electron chi connectivity index (χ3n) is 4.51. The highest BCUT2D eigenvalue weighted by atomic mass is 32.2. The van der Waals surface area contributed by atoms with E-state index >= 15 is 0 Å². The number of fused-ring (bicyclic) bond motifs is 1. The van der Waals surface area contributed by atoms with Gasteiger partial charge in [0.05, 0.1) is 7.11 Å². The largest absolute Gasteiger partial charge is 0.493 e. The van der Waals surface area contributed by atoms with Crippen molar-refractivity contribution in [3.8, 4) is 29.1 Å². The molecule has 0 fully saturated rings. The number of rotatable bonds is 8. The molecule has 0 radical (unpaired) electrons. The minimum Gasteiger partial charge on any atom is -0.493 e. The fourth-order valence-electron chi connectivity index (χ4n) is 2.91. The summed E-state index contributed by atoms with van der Waals surface area (Å²) in [6.45, 7) is 0.513. The average molecular weight is 483 g/mol. The lowest BCUT2D eigenvalue weighted by Crippen LogP contribution is -2.13. The highest BCUT2D eigenvalue weighted by molar-refractivity contribution is 7.98. The summed E-state index contributed by atoms with van der Waals surface area (Å²) in [6.07, 6.45) is 3.31. The molecule has 1 amide bonds. The summed E-state index contributed by atoms with van der Waals surface area (Å²) in [4.78, 5) is 16.6. The standard InChI is InChI=1S/C22H18N4O5S2/c1-28-18-8-13(7-15(10-23)20(27)24-21-25-22(32-2)26-33-21)3-5-16(18)29-11-14-4-6-17-19(9-14)31-12-30-17/h3-9H,11-12H2,1-2H3,(H,24,25,26,27)/b15-7-. The summed E-state index contributed by atoms with van der Waals surface area (Å²) in [6, 6.07) is 12.7. The number of nitrogens with zero attached hydrogens (tertiary/aromatic N) is 3. The predicted octanol–water partition coefficient (Wildman–Crippen LogP) is 4.12. The number of anilines is 1. The highest BCUT2D eigenvalue weighted by Gasteiger charge is 2.15. The molecule has 1 aliphatic rings. The van der Waals surface area contributed by atoms with Gasteiger partial charge in [-0.2, -0.15) is 14.6 Å². The number of hydrogen-bond acceptors (Lipinski definition) is 10. The lowest BCUT2D eigenvalue weighted by atomic mass is 10.1. The number of aromatic nitrogens is 2. The third-order valence-corrected chi connectivity index (χ3v) is 5.80. The van der Waals surface area contributed by atoms with Gasteiger partial charge in [-0.3, -0.25) is 10.1 Å². The zero-order valence-corrected chi connectivity index (χ0v) is 19.3. The SMILES string of the molecule is COc1cc(/C=C(/C#N)C(=O)Nc2nc(SC)ns2)ccc1OCc1ccc2c(c1)OCO2. The Hall–Kier alpha value is -3.75. The van der Waals surface area contributed by atoms with Crippen molar-refractivity contribution in [3.05, 3.63) is 53.1 Å². The number of nitriles is 1. The highest BCUT2D eigenvalue weighted by Crippen LogP contribution is 2.34. The van der Waals surface area contributed by atoms with Crippen molar-refractivity contribution in [3.63, 3.8) is 0 Å². The Kier molecular flexibility index (Phi) is 6.97. The number of hydrogen-bond donors (Lipinski definition) is 1. The Labute approximate surface area is 198 Å². The third kappa shape index (κ3) is 5.36. The van der Waals surface area contributed by atoms with E-state index in [4.69, 9.17) is 18.9 Å². The molecule has 1 aromatic heterocycles. The summed E-state index contributed by atoms with van der Waals surface area (Å²) < 4.78 is 26.1. The molecule has 3 aromatic rings. The van der Waals surface area contributed by atoms with Gasteiger partial charge in [-0.05, 0) is 47.7 Å². The van der Waals surface area contributed by atoms with Crippen LogP contribution in [-0.4, -0.2) is 35.4 Å². The van der Waals surface area contributed by atoms with Gasteiger partial charge in [-0.1, -0.05) is 23.9 Å². The van der Waals surface area contributed by atoms with Crippen LogP contribution >= 0.6 is 23.3 Å². The van der Waals surface area contributed by atoms with Crippen LogP contribution < -0.4 is 24.3 Å². The summed E-state index contributed by atoms with van der Waals surface area (Å²) in [5.41, 5.74) is 1.44.